The molecule has 17 heteroatoms. The van der Waals surface area contributed by atoms with Crippen LogP contribution in [0.3, 0.4) is 0 Å². The van der Waals surface area contributed by atoms with Gasteiger partial charge in [-0.1, -0.05) is 19.9 Å². The number of pyridine rings is 2. The SMILES string of the molecule is C=C[C@@H]1C[C@]1(NC(=O)[C@@H]1C[C@@H](Oc2nccc3cc(OC)ccc23)CN1C(=O)[C@@H](Nc1cc(C(F)(F)F)ccn1)C(C)C)C(=O)NS(=O)(=O)C1CC1. The van der Waals surface area contributed by atoms with E-state index in [1.807, 2.05) is 0 Å². The van der Waals surface area contributed by atoms with Gasteiger partial charge in [-0.05, 0) is 67.0 Å². The molecular formula is C35H39F3N6O7S. The number of hydrogen-bond acceptors (Lipinski definition) is 10. The molecule has 0 bridgehead atoms. The Morgan fingerprint density at radius 1 is 1.10 bits per heavy atom. The molecule has 0 spiro atoms. The summed E-state index contributed by atoms with van der Waals surface area (Å²) in [5.41, 5.74) is -2.57. The normalized spacial score (nSPS) is 23.5. The molecule has 2 aromatic heterocycles. The number of hydrogen-bond donors (Lipinski definition) is 3. The molecule has 0 radical (unpaired) electrons. The van der Waals surface area contributed by atoms with Crippen molar-refractivity contribution in [1.29, 1.82) is 0 Å². The summed E-state index contributed by atoms with van der Waals surface area (Å²) in [4.78, 5) is 51.6. The predicted molar refractivity (Wildman–Crippen MR) is 184 cm³/mol. The second kappa shape index (κ2) is 13.9. The minimum Gasteiger partial charge on any atom is -0.497 e. The molecule has 6 rings (SSSR count). The van der Waals surface area contributed by atoms with Crippen LogP contribution < -0.4 is 24.8 Å². The maximum Gasteiger partial charge on any atom is 0.416 e. The predicted octanol–water partition coefficient (Wildman–Crippen LogP) is 3.81. The van der Waals surface area contributed by atoms with Crippen LogP contribution in [-0.4, -0.2) is 83.6 Å². The van der Waals surface area contributed by atoms with Crippen LogP contribution in [0.2, 0.25) is 0 Å². The maximum atomic E-state index is 14.3. The first-order valence-electron chi connectivity index (χ1n) is 16.8. The fourth-order valence-electron chi connectivity index (χ4n) is 6.44. The zero-order valence-electron chi connectivity index (χ0n) is 28.6. The number of ether oxygens (including phenoxy) is 2. The first-order valence-corrected chi connectivity index (χ1v) is 18.3. The van der Waals surface area contributed by atoms with Gasteiger partial charge in [0.2, 0.25) is 27.7 Å². The Morgan fingerprint density at radius 2 is 1.83 bits per heavy atom. The van der Waals surface area contributed by atoms with Crippen LogP contribution in [0, 0.1) is 11.8 Å². The van der Waals surface area contributed by atoms with Crippen molar-refractivity contribution in [3.05, 3.63) is 67.0 Å². The van der Waals surface area contributed by atoms with E-state index in [1.165, 1.54) is 18.1 Å². The highest BCUT2D eigenvalue weighted by atomic mass is 32.2. The Kier molecular flexibility index (Phi) is 9.85. The highest BCUT2D eigenvalue weighted by Gasteiger charge is 2.62. The number of alkyl halides is 3. The number of nitrogens with zero attached hydrogens (tertiary/aromatic N) is 3. The molecule has 2 aliphatic carbocycles. The molecule has 2 saturated carbocycles. The third-order valence-corrected chi connectivity index (χ3v) is 11.5. The number of amides is 3. The smallest absolute Gasteiger partial charge is 0.416 e. The van der Waals surface area contributed by atoms with E-state index in [0.717, 1.165) is 23.7 Å². The van der Waals surface area contributed by atoms with E-state index in [4.69, 9.17) is 9.47 Å². The lowest BCUT2D eigenvalue weighted by atomic mass is 10.0. The van der Waals surface area contributed by atoms with Crippen molar-refractivity contribution in [3.63, 3.8) is 0 Å². The summed E-state index contributed by atoms with van der Waals surface area (Å²) >= 11 is 0. The first kappa shape index (κ1) is 36.8. The Balaban J connectivity index is 1.29. The molecule has 3 amide bonds. The number of rotatable bonds is 13. The molecule has 278 valence electrons. The Bertz CT molecular complexity index is 2010. The van der Waals surface area contributed by atoms with Crippen molar-refractivity contribution in [3.8, 4) is 11.6 Å². The van der Waals surface area contributed by atoms with E-state index in [9.17, 15) is 36.0 Å². The molecule has 0 unspecified atom stereocenters. The van der Waals surface area contributed by atoms with E-state index in [0.29, 0.717) is 24.0 Å². The van der Waals surface area contributed by atoms with Crippen molar-refractivity contribution in [2.75, 3.05) is 19.0 Å². The molecule has 3 N–H and O–H groups in total. The van der Waals surface area contributed by atoms with Gasteiger partial charge in [0.05, 0.1) is 24.5 Å². The third-order valence-electron chi connectivity index (χ3n) is 9.63. The molecule has 13 nitrogen and oxygen atoms in total. The Labute approximate surface area is 298 Å². The minimum absolute atomic E-state index is 0.0464. The van der Waals surface area contributed by atoms with Crippen LogP contribution in [0.4, 0.5) is 19.0 Å². The highest BCUT2D eigenvalue weighted by molar-refractivity contribution is 7.91. The van der Waals surface area contributed by atoms with Crippen molar-refractivity contribution in [1.82, 2.24) is 24.9 Å². The van der Waals surface area contributed by atoms with Crippen LogP contribution in [0.25, 0.3) is 10.8 Å². The molecule has 5 atom stereocenters. The molecular weight excluding hydrogens is 705 g/mol. The minimum atomic E-state index is -4.65. The zero-order valence-corrected chi connectivity index (χ0v) is 29.5. The highest BCUT2D eigenvalue weighted by Crippen LogP contribution is 2.45. The van der Waals surface area contributed by atoms with Crippen molar-refractivity contribution >= 4 is 44.3 Å². The average Bonchev–Trinajstić information content (AvgIpc) is 4.03. The number of carbonyl (C=O) groups excluding carboxylic acids is 3. The summed E-state index contributed by atoms with van der Waals surface area (Å²) in [6.07, 6.45) is -0.558. The van der Waals surface area contributed by atoms with Crippen LogP contribution in [-0.2, 0) is 30.6 Å². The van der Waals surface area contributed by atoms with E-state index in [2.05, 4.69) is 31.9 Å². The topological polar surface area (TPSA) is 169 Å². The summed E-state index contributed by atoms with van der Waals surface area (Å²) in [5, 5.41) is 6.27. The lowest BCUT2D eigenvalue weighted by molar-refractivity contribution is -0.140. The maximum absolute atomic E-state index is 14.3. The van der Waals surface area contributed by atoms with Crippen LogP contribution in [0.5, 0.6) is 11.6 Å². The van der Waals surface area contributed by atoms with Crippen molar-refractivity contribution in [2.45, 2.75) is 74.7 Å². The second-order valence-corrected chi connectivity index (χ2v) is 15.6. The van der Waals surface area contributed by atoms with Gasteiger partial charge in [0.25, 0.3) is 5.91 Å². The number of halogens is 3. The quantitative estimate of drug-likeness (QED) is 0.219. The van der Waals surface area contributed by atoms with Gasteiger partial charge < -0.3 is 25.0 Å². The summed E-state index contributed by atoms with van der Waals surface area (Å²) < 4.78 is 79.5. The Hall–Kier alpha value is -4.93. The van der Waals surface area contributed by atoms with Crippen LogP contribution >= 0.6 is 0 Å². The number of likely N-dealkylation sites (tertiary alicyclic amines) is 1. The van der Waals surface area contributed by atoms with Gasteiger partial charge in [-0.3, -0.25) is 19.1 Å². The molecule has 3 fully saturated rings. The first-order chi connectivity index (χ1) is 24.6. The number of fused-ring (bicyclic) bond motifs is 1. The van der Waals surface area contributed by atoms with Gasteiger partial charge in [0.1, 0.15) is 35.3 Å². The number of nitrogens with one attached hydrogen (secondary N) is 3. The molecule has 3 heterocycles. The number of methoxy groups -OCH3 is 1. The average molecular weight is 745 g/mol. The van der Waals surface area contributed by atoms with Gasteiger partial charge in [-0.2, -0.15) is 13.2 Å². The lowest BCUT2D eigenvalue weighted by Gasteiger charge is -2.31. The second-order valence-electron chi connectivity index (χ2n) is 13.7. The number of anilines is 1. The van der Waals surface area contributed by atoms with E-state index in [-0.39, 0.29) is 31.1 Å². The summed E-state index contributed by atoms with van der Waals surface area (Å²) in [5.74, 6) is -2.65. The van der Waals surface area contributed by atoms with Crippen LogP contribution in [0.15, 0.2) is 61.4 Å². The lowest BCUT2D eigenvalue weighted by Crippen LogP contribution is -2.58. The monoisotopic (exact) mass is 744 g/mol. The Morgan fingerprint density at radius 3 is 2.46 bits per heavy atom. The van der Waals surface area contributed by atoms with Gasteiger partial charge in [-0.25, -0.2) is 18.4 Å². The number of sulfonamides is 1. The van der Waals surface area contributed by atoms with Crippen molar-refractivity contribution < 1.29 is 45.4 Å². The fraction of sp³-hybridized carbons (Fsp3) is 0.457. The molecule has 1 aromatic carbocycles. The van der Waals surface area contributed by atoms with Gasteiger partial charge >= 0.3 is 6.18 Å². The molecule has 1 aliphatic heterocycles. The summed E-state index contributed by atoms with van der Waals surface area (Å²) in [7, 11) is -2.40. The fourth-order valence-corrected chi connectivity index (χ4v) is 7.80. The molecule has 1 saturated heterocycles. The number of benzene rings is 1. The standard InChI is InChI=1S/C35H39F3N6O7S/c1-5-21-17-34(21,33(47)43-52(48,49)25-7-8-25)42-30(45)27-16-24(51-31-26-9-6-23(50-4)14-20(26)10-12-40-31)18-44(27)32(46)29(19(2)3)41-28-15-22(11-13-39-28)35(36,37)38/h5-6,9-15,19,21,24-25,27,29H,1,7-8,16-18H2,2-4H3,(H,39,41)(H,42,45)(H,43,47)/t21-,24-,27+,29+,34-/m1/s1. The van der Waals surface area contributed by atoms with E-state index in [1.54, 1.807) is 44.3 Å². The summed E-state index contributed by atoms with van der Waals surface area (Å²) in [6.45, 7) is 6.99. The van der Waals surface area contributed by atoms with E-state index < -0.39 is 80.3 Å². The van der Waals surface area contributed by atoms with Gasteiger partial charge in [-0.15, -0.1) is 6.58 Å². The zero-order chi connectivity index (χ0) is 37.6. The molecule has 3 aromatic rings. The third kappa shape index (κ3) is 7.49. The van der Waals surface area contributed by atoms with Crippen molar-refractivity contribution in [2.24, 2.45) is 11.8 Å². The molecule has 52 heavy (non-hydrogen) atoms. The van der Waals surface area contributed by atoms with E-state index >= 15 is 0 Å². The largest absolute Gasteiger partial charge is 0.497 e. The van der Waals surface area contributed by atoms with Crippen LogP contribution in [0.1, 0.15) is 45.1 Å². The number of carbonyl (C=O) groups is 3. The summed E-state index contributed by atoms with van der Waals surface area (Å²) in [6, 6.07) is 6.32. The van der Waals surface area contributed by atoms with Gasteiger partial charge in [0.15, 0.2) is 0 Å². The number of aromatic nitrogens is 2. The van der Waals surface area contributed by atoms with Gasteiger partial charge in [0, 0.05) is 30.1 Å². The molecule has 3 aliphatic rings.